The number of fused-ring (bicyclic) bond motifs is 2. The van der Waals surface area contributed by atoms with Gasteiger partial charge in [0.2, 0.25) is 5.91 Å². The number of rotatable bonds is 3. The average Bonchev–Trinajstić information content (AvgIpc) is 2.91. The Labute approximate surface area is 153 Å². The molecule has 1 aliphatic rings. The number of para-hydroxylation sites is 1. The van der Waals surface area contributed by atoms with Crippen molar-refractivity contribution in [1.29, 1.82) is 0 Å². The Balaban J connectivity index is 1.57. The maximum Gasteiger partial charge on any atom is 0.228 e. The Kier molecular flexibility index (Phi) is 4.13. The molecule has 6 heteroatoms. The molecule has 0 atom stereocenters. The molecule has 0 radical (unpaired) electrons. The molecular weight excluding hydrogens is 384 g/mol. The Morgan fingerprint density at radius 1 is 1.20 bits per heavy atom. The maximum absolute atomic E-state index is 12.6. The van der Waals surface area contributed by atoms with Gasteiger partial charge in [-0.15, -0.1) is 0 Å². The number of amides is 1. The number of nitrogens with one attached hydrogen (secondary N) is 2. The number of H-pyrrole nitrogens is 1. The molecule has 128 valence electrons. The number of carbonyl (C=O) groups excluding carboxylic acids is 1. The fourth-order valence-corrected chi connectivity index (χ4v) is 3.50. The summed E-state index contributed by atoms with van der Waals surface area (Å²) in [5.41, 5.74) is 3.74. The fraction of sp³-hybridized carbons (Fsp3) is 0.211. The predicted molar refractivity (Wildman–Crippen MR) is 101 cm³/mol. The molecule has 0 unspecified atom stereocenters. The highest BCUT2D eigenvalue weighted by Gasteiger charge is 2.17. The van der Waals surface area contributed by atoms with Crippen LogP contribution in [0.25, 0.3) is 10.9 Å². The van der Waals surface area contributed by atoms with Crippen molar-refractivity contribution in [2.24, 2.45) is 0 Å². The van der Waals surface area contributed by atoms with Crippen LogP contribution < -0.4 is 14.8 Å². The zero-order valence-electron chi connectivity index (χ0n) is 13.7. The van der Waals surface area contributed by atoms with Gasteiger partial charge in [0.05, 0.1) is 12.1 Å². The minimum Gasteiger partial charge on any atom is -0.486 e. The molecule has 0 fully saturated rings. The highest BCUT2D eigenvalue weighted by molar-refractivity contribution is 9.10. The highest BCUT2D eigenvalue weighted by Crippen LogP contribution is 2.38. The lowest BCUT2D eigenvalue weighted by Gasteiger charge is -2.20. The number of halogens is 1. The first-order valence-electron chi connectivity index (χ1n) is 8.07. The van der Waals surface area contributed by atoms with Crippen molar-refractivity contribution in [3.05, 3.63) is 52.1 Å². The SMILES string of the molecule is Cc1[nH]c2ccccc2c1CC(=O)Nc1cc2c(cc1Br)OCCO2. The maximum atomic E-state index is 12.6. The quantitative estimate of drug-likeness (QED) is 0.692. The number of anilines is 1. The number of hydrogen-bond donors (Lipinski definition) is 2. The van der Waals surface area contributed by atoms with Gasteiger partial charge < -0.3 is 19.8 Å². The van der Waals surface area contributed by atoms with Gasteiger partial charge in [0.1, 0.15) is 13.2 Å². The van der Waals surface area contributed by atoms with Crippen molar-refractivity contribution in [3.63, 3.8) is 0 Å². The lowest BCUT2D eigenvalue weighted by Crippen LogP contribution is -2.18. The Bertz CT molecular complexity index is 965. The molecule has 3 aromatic rings. The first-order valence-corrected chi connectivity index (χ1v) is 8.86. The second-order valence-electron chi connectivity index (χ2n) is 5.97. The van der Waals surface area contributed by atoms with Crippen LogP contribution in [0.2, 0.25) is 0 Å². The van der Waals surface area contributed by atoms with Crippen LogP contribution in [0.5, 0.6) is 11.5 Å². The smallest absolute Gasteiger partial charge is 0.228 e. The summed E-state index contributed by atoms with van der Waals surface area (Å²) in [5.74, 6) is 1.25. The molecule has 0 saturated carbocycles. The Morgan fingerprint density at radius 2 is 1.92 bits per heavy atom. The van der Waals surface area contributed by atoms with Gasteiger partial charge in [-0.1, -0.05) is 18.2 Å². The molecular formula is C19H17BrN2O3. The molecule has 4 rings (SSSR count). The summed E-state index contributed by atoms with van der Waals surface area (Å²) in [5, 5.41) is 4.04. The van der Waals surface area contributed by atoms with Crippen LogP contribution >= 0.6 is 15.9 Å². The van der Waals surface area contributed by atoms with E-state index in [1.807, 2.05) is 37.3 Å². The average molecular weight is 401 g/mol. The van der Waals surface area contributed by atoms with E-state index in [-0.39, 0.29) is 5.91 Å². The number of hydrogen-bond acceptors (Lipinski definition) is 3. The van der Waals surface area contributed by atoms with E-state index in [1.54, 1.807) is 6.07 Å². The van der Waals surface area contributed by atoms with Gasteiger partial charge in [0.25, 0.3) is 0 Å². The molecule has 1 aliphatic heterocycles. The number of carbonyl (C=O) groups is 1. The summed E-state index contributed by atoms with van der Waals surface area (Å²) in [6, 6.07) is 11.6. The van der Waals surface area contributed by atoms with Gasteiger partial charge in [-0.2, -0.15) is 0 Å². The van der Waals surface area contributed by atoms with Crippen LogP contribution in [-0.4, -0.2) is 24.1 Å². The van der Waals surface area contributed by atoms with Crippen LogP contribution in [0.1, 0.15) is 11.3 Å². The normalized spacial score (nSPS) is 13.0. The van der Waals surface area contributed by atoms with Crippen LogP contribution in [0.3, 0.4) is 0 Å². The third-order valence-electron chi connectivity index (χ3n) is 4.27. The summed E-state index contributed by atoms with van der Waals surface area (Å²) in [7, 11) is 0. The Morgan fingerprint density at radius 3 is 2.72 bits per heavy atom. The molecule has 5 nitrogen and oxygen atoms in total. The monoisotopic (exact) mass is 400 g/mol. The van der Waals surface area contributed by atoms with E-state index < -0.39 is 0 Å². The molecule has 0 bridgehead atoms. The first kappa shape index (κ1) is 16.0. The summed E-state index contributed by atoms with van der Waals surface area (Å²) >= 11 is 3.48. The third-order valence-corrected chi connectivity index (χ3v) is 4.93. The molecule has 25 heavy (non-hydrogen) atoms. The molecule has 1 amide bonds. The van der Waals surface area contributed by atoms with E-state index in [4.69, 9.17) is 9.47 Å². The van der Waals surface area contributed by atoms with Crippen LogP contribution in [0.4, 0.5) is 5.69 Å². The van der Waals surface area contributed by atoms with E-state index in [0.717, 1.165) is 26.6 Å². The Hall–Kier alpha value is -2.47. The van der Waals surface area contributed by atoms with E-state index in [0.29, 0.717) is 36.8 Å². The van der Waals surface area contributed by atoms with E-state index in [1.165, 1.54) is 0 Å². The molecule has 2 heterocycles. The third kappa shape index (κ3) is 3.09. The van der Waals surface area contributed by atoms with Crippen LogP contribution in [0, 0.1) is 6.92 Å². The van der Waals surface area contributed by atoms with Gasteiger partial charge in [-0.25, -0.2) is 0 Å². The molecule has 2 N–H and O–H groups in total. The number of benzene rings is 2. The van der Waals surface area contributed by atoms with Crippen molar-refractivity contribution in [2.45, 2.75) is 13.3 Å². The van der Waals surface area contributed by atoms with E-state index >= 15 is 0 Å². The fourth-order valence-electron chi connectivity index (χ4n) is 3.08. The topological polar surface area (TPSA) is 63.4 Å². The van der Waals surface area contributed by atoms with Gasteiger partial charge in [-0.05, 0) is 34.5 Å². The summed E-state index contributed by atoms with van der Waals surface area (Å²) in [6.45, 7) is 3.03. The molecule has 0 saturated heterocycles. The minimum absolute atomic E-state index is 0.0785. The molecule has 2 aromatic carbocycles. The van der Waals surface area contributed by atoms with E-state index in [9.17, 15) is 4.79 Å². The zero-order chi connectivity index (χ0) is 17.4. The number of aromatic amines is 1. The summed E-state index contributed by atoms with van der Waals surface area (Å²) in [6.07, 6.45) is 0.302. The van der Waals surface area contributed by atoms with Crippen molar-refractivity contribution in [2.75, 3.05) is 18.5 Å². The van der Waals surface area contributed by atoms with Crippen LogP contribution in [-0.2, 0) is 11.2 Å². The number of aryl methyl sites for hydroxylation is 1. The van der Waals surface area contributed by atoms with Crippen molar-refractivity contribution in [1.82, 2.24) is 4.98 Å². The molecule has 1 aromatic heterocycles. The van der Waals surface area contributed by atoms with Crippen molar-refractivity contribution in [3.8, 4) is 11.5 Å². The van der Waals surface area contributed by atoms with Crippen LogP contribution in [0.15, 0.2) is 40.9 Å². The predicted octanol–water partition coefficient (Wildman–Crippen LogP) is 4.19. The van der Waals surface area contributed by atoms with Crippen molar-refractivity contribution >= 4 is 38.4 Å². The summed E-state index contributed by atoms with van der Waals surface area (Å²) < 4.78 is 11.9. The van der Waals surface area contributed by atoms with Gasteiger partial charge >= 0.3 is 0 Å². The van der Waals surface area contributed by atoms with Gasteiger partial charge in [-0.3, -0.25) is 4.79 Å². The van der Waals surface area contributed by atoms with E-state index in [2.05, 4.69) is 26.2 Å². The highest BCUT2D eigenvalue weighted by atomic mass is 79.9. The largest absolute Gasteiger partial charge is 0.486 e. The van der Waals surface area contributed by atoms with Gasteiger partial charge in [0, 0.05) is 33.2 Å². The zero-order valence-corrected chi connectivity index (χ0v) is 15.3. The second kappa shape index (κ2) is 6.44. The lowest BCUT2D eigenvalue weighted by atomic mass is 10.1. The second-order valence-corrected chi connectivity index (χ2v) is 6.83. The van der Waals surface area contributed by atoms with Gasteiger partial charge in [0.15, 0.2) is 11.5 Å². The van der Waals surface area contributed by atoms with Crippen molar-refractivity contribution < 1.29 is 14.3 Å². The summed E-state index contributed by atoms with van der Waals surface area (Å²) in [4.78, 5) is 15.9. The number of aromatic nitrogens is 1. The first-order chi connectivity index (χ1) is 12.1. The standard InChI is InChI=1S/C19H17BrN2O3/c1-11-13(12-4-2-3-5-15(12)21-11)8-19(23)22-16-10-18-17(9-14(16)20)24-6-7-25-18/h2-5,9-10,21H,6-8H2,1H3,(H,22,23). The number of ether oxygens (including phenoxy) is 2. The lowest BCUT2D eigenvalue weighted by molar-refractivity contribution is -0.115. The molecule has 0 aliphatic carbocycles. The minimum atomic E-state index is -0.0785. The molecule has 0 spiro atoms.